The maximum atomic E-state index is 11.9. The van der Waals surface area contributed by atoms with Crippen molar-refractivity contribution in [3.05, 3.63) is 0 Å². The van der Waals surface area contributed by atoms with Crippen LogP contribution in [0.3, 0.4) is 0 Å². The number of likely N-dealkylation sites (N-methyl/N-ethyl adjacent to an activating group) is 2. The molecule has 1 fully saturated rings. The highest BCUT2D eigenvalue weighted by Crippen LogP contribution is 2.57. The standard InChI is InChI=1S/C8H15N2O5P/c1-4-8(16(13,14)15)6(11)10(5-2)7(12)9(8)3/h4-5H2,1-3H3,(H2,13,14,15). The molecule has 1 atom stereocenters. The highest BCUT2D eigenvalue weighted by atomic mass is 31.2. The van der Waals surface area contributed by atoms with Gasteiger partial charge < -0.3 is 14.7 Å². The monoisotopic (exact) mass is 250 g/mol. The van der Waals surface area contributed by atoms with Crippen LogP contribution in [0, 0.1) is 0 Å². The van der Waals surface area contributed by atoms with E-state index >= 15 is 0 Å². The second kappa shape index (κ2) is 3.84. The smallest absolute Gasteiger partial charge is 0.322 e. The fourth-order valence-corrected chi connectivity index (χ4v) is 3.24. The summed E-state index contributed by atoms with van der Waals surface area (Å²) in [4.78, 5) is 43.9. The van der Waals surface area contributed by atoms with E-state index in [1.54, 1.807) is 6.92 Å². The lowest BCUT2D eigenvalue weighted by Gasteiger charge is -2.31. The molecule has 0 aromatic rings. The van der Waals surface area contributed by atoms with E-state index in [9.17, 15) is 23.9 Å². The molecule has 0 aromatic heterocycles. The lowest BCUT2D eigenvalue weighted by molar-refractivity contribution is -0.130. The third kappa shape index (κ3) is 1.39. The Labute approximate surface area is 93.2 Å². The van der Waals surface area contributed by atoms with Crippen molar-refractivity contribution in [2.45, 2.75) is 25.5 Å². The van der Waals surface area contributed by atoms with E-state index in [0.29, 0.717) is 0 Å². The molecule has 0 radical (unpaired) electrons. The molecule has 1 aliphatic rings. The zero-order valence-electron chi connectivity index (χ0n) is 9.38. The van der Waals surface area contributed by atoms with Crippen molar-refractivity contribution in [2.75, 3.05) is 13.6 Å². The minimum atomic E-state index is -4.73. The van der Waals surface area contributed by atoms with E-state index in [1.165, 1.54) is 14.0 Å². The van der Waals surface area contributed by atoms with Gasteiger partial charge in [0, 0.05) is 13.6 Å². The summed E-state index contributed by atoms with van der Waals surface area (Å²) in [6.07, 6.45) is -0.116. The summed E-state index contributed by atoms with van der Waals surface area (Å²) in [6, 6.07) is -0.669. The molecule has 16 heavy (non-hydrogen) atoms. The molecule has 0 spiro atoms. The van der Waals surface area contributed by atoms with Crippen LogP contribution in [-0.2, 0) is 9.36 Å². The van der Waals surface area contributed by atoms with Crippen LogP contribution in [0.1, 0.15) is 20.3 Å². The van der Waals surface area contributed by atoms with E-state index in [-0.39, 0.29) is 13.0 Å². The molecule has 1 saturated heterocycles. The molecule has 7 nitrogen and oxygen atoms in total. The lowest BCUT2D eigenvalue weighted by Crippen LogP contribution is -2.46. The van der Waals surface area contributed by atoms with Gasteiger partial charge in [-0.2, -0.15) is 0 Å². The summed E-state index contributed by atoms with van der Waals surface area (Å²) >= 11 is 0. The van der Waals surface area contributed by atoms with Crippen molar-refractivity contribution in [3.63, 3.8) is 0 Å². The van der Waals surface area contributed by atoms with E-state index in [0.717, 1.165) is 9.80 Å². The Bertz CT molecular complexity index is 379. The van der Waals surface area contributed by atoms with Gasteiger partial charge in [0.2, 0.25) is 5.28 Å². The largest absolute Gasteiger partial charge is 0.360 e. The maximum absolute atomic E-state index is 11.9. The average Bonchev–Trinajstić information content (AvgIpc) is 2.35. The molecule has 1 heterocycles. The first-order valence-electron chi connectivity index (χ1n) is 4.89. The molecule has 8 heteroatoms. The van der Waals surface area contributed by atoms with Crippen LogP contribution in [0.15, 0.2) is 0 Å². The van der Waals surface area contributed by atoms with Crippen molar-refractivity contribution in [1.82, 2.24) is 9.80 Å². The zero-order chi connectivity index (χ0) is 12.7. The van der Waals surface area contributed by atoms with Crippen LogP contribution in [0.4, 0.5) is 4.79 Å². The summed E-state index contributed by atoms with van der Waals surface area (Å²) in [5.74, 6) is -0.821. The summed E-state index contributed by atoms with van der Waals surface area (Å²) in [6.45, 7) is 3.15. The molecule has 0 aromatic carbocycles. The van der Waals surface area contributed by atoms with Crippen LogP contribution in [0.5, 0.6) is 0 Å². The van der Waals surface area contributed by atoms with Crippen molar-refractivity contribution in [2.24, 2.45) is 0 Å². The maximum Gasteiger partial charge on any atom is 0.360 e. The molecule has 1 unspecified atom stereocenters. The Balaban J connectivity index is 3.38. The Morgan fingerprint density at radius 3 is 2.00 bits per heavy atom. The first-order chi connectivity index (χ1) is 7.24. The second-order valence-corrected chi connectivity index (χ2v) is 5.43. The Hall–Kier alpha value is -0.910. The van der Waals surface area contributed by atoms with Gasteiger partial charge in [-0.25, -0.2) is 4.79 Å². The van der Waals surface area contributed by atoms with Gasteiger partial charge in [0.1, 0.15) is 0 Å². The third-order valence-electron chi connectivity index (χ3n) is 2.95. The van der Waals surface area contributed by atoms with Crippen molar-refractivity contribution in [3.8, 4) is 0 Å². The van der Waals surface area contributed by atoms with Crippen LogP contribution in [-0.4, -0.2) is 50.4 Å². The molecule has 0 aliphatic carbocycles. The van der Waals surface area contributed by atoms with Crippen molar-refractivity contribution >= 4 is 19.5 Å². The van der Waals surface area contributed by atoms with E-state index in [2.05, 4.69) is 0 Å². The molecule has 92 valence electrons. The van der Waals surface area contributed by atoms with Gasteiger partial charge >= 0.3 is 13.6 Å². The minimum Gasteiger partial charge on any atom is -0.322 e. The van der Waals surface area contributed by atoms with Gasteiger partial charge in [0.15, 0.2) is 0 Å². The number of rotatable bonds is 3. The number of amides is 3. The normalized spacial score (nSPS) is 26.8. The number of carbonyl (C=O) groups excluding carboxylic acids is 2. The van der Waals surface area contributed by atoms with Gasteiger partial charge in [-0.1, -0.05) is 6.92 Å². The van der Waals surface area contributed by atoms with Gasteiger partial charge in [0.25, 0.3) is 5.91 Å². The first-order valence-corrected chi connectivity index (χ1v) is 6.50. The predicted molar refractivity (Wildman–Crippen MR) is 55.6 cm³/mol. The Morgan fingerprint density at radius 2 is 1.81 bits per heavy atom. The molecule has 2 N–H and O–H groups in total. The Kier molecular flexibility index (Phi) is 3.15. The fraction of sp³-hybridized carbons (Fsp3) is 0.750. The minimum absolute atomic E-state index is 0.101. The second-order valence-electron chi connectivity index (χ2n) is 3.61. The highest BCUT2D eigenvalue weighted by Gasteiger charge is 2.64. The fourth-order valence-electron chi connectivity index (χ4n) is 1.98. The molecule has 0 saturated carbocycles. The van der Waals surface area contributed by atoms with E-state index in [1.807, 2.05) is 0 Å². The van der Waals surface area contributed by atoms with Gasteiger partial charge in [-0.3, -0.25) is 14.3 Å². The van der Waals surface area contributed by atoms with Crippen molar-refractivity contribution in [1.29, 1.82) is 0 Å². The molecule has 3 amide bonds. The molecule has 1 rings (SSSR count). The number of imide groups is 1. The van der Waals surface area contributed by atoms with Gasteiger partial charge in [-0.15, -0.1) is 0 Å². The van der Waals surface area contributed by atoms with Gasteiger partial charge in [-0.05, 0) is 13.3 Å². The number of urea groups is 1. The van der Waals surface area contributed by atoms with Crippen LogP contribution in [0.25, 0.3) is 0 Å². The average molecular weight is 250 g/mol. The third-order valence-corrected chi connectivity index (χ3v) is 4.72. The highest BCUT2D eigenvalue weighted by molar-refractivity contribution is 7.54. The van der Waals surface area contributed by atoms with E-state index in [4.69, 9.17) is 0 Å². The summed E-state index contributed by atoms with van der Waals surface area (Å²) in [5, 5.41) is -2.03. The molecular weight excluding hydrogens is 235 g/mol. The Morgan fingerprint density at radius 1 is 1.31 bits per heavy atom. The zero-order valence-corrected chi connectivity index (χ0v) is 10.3. The molecule has 1 aliphatic heterocycles. The molecular formula is C8H15N2O5P. The predicted octanol–water partition coefficient (Wildman–Crippen LogP) is 0.184. The van der Waals surface area contributed by atoms with Gasteiger partial charge in [0.05, 0.1) is 0 Å². The quantitative estimate of drug-likeness (QED) is 0.550. The number of hydrogen-bond donors (Lipinski definition) is 2. The SMILES string of the molecule is CCN1C(=O)N(C)C(CC)(P(=O)(O)O)C1=O. The first kappa shape index (κ1) is 13.2. The summed E-state index contributed by atoms with van der Waals surface area (Å²) < 4.78 is 11.5. The number of nitrogens with zero attached hydrogens (tertiary/aromatic N) is 2. The summed E-state index contributed by atoms with van der Waals surface area (Å²) in [5.41, 5.74) is 0. The number of hydrogen-bond acceptors (Lipinski definition) is 3. The molecule has 0 bridgehead atoms. The summed E-state index contributed by atoms with van der Waals surface area (Å²) in [7, 11) is -3.50. The number of carbonyl (C=O) groups is 2. The van der Waals surface area contributed by atoms with Crippen LogP contribution >= 0.6 is 7.60 Å². The van der Waals surface area contributed by atoms with Crippen LogP contribution < -0.4 is 0 Å². The van der Waals surface area contributed by atoms with Crippen molar-refractivity contribution < 1.29 is 23.9 Å². The lowest BCUT2D eigenvalue weighted by atomic mass is 10.2. The van der Waals surface area contributed by atoms with Crippen LogP contribution in [0.2, 0.25) is 0 Å². The van der Waals surface area contributed by atoms with E-state index < -0.39 is 24.8 Å². The topological polar surface area (TPSA) is 98.2 Å².